The monoisotopic (exact) mass is 270 g/mol. The molecule has 1 unspecified atom stereocenters. The SMILES string of the molecule is OCCC1CCCN(Cc2cccc3cccnc23)C1. The topological polar surface area (TPSA) is 36.4 Å². The number of rotatable bonds is 4. The van der Waals surface area contributed by atoms with Gasteiger partial charge in [0, 0.05) is 31.3 Å². The van der Waals surface area contributed by atoms with Crippen molar-refractivity contribution in [2.24, 2.45) is 5.92 Å². The van der Waals surface area contributed by atoms with Gasteiger partial charge in [-0.05, 0) is 43.4 Å². The summed E-state index contributed by atoms with van der Waals surface area (Å²) in [4.78, 5) is 7.04. The molecule has 1 aromatic carbocycles. The molecule has 2 aromatic rings. The Morgan fingerprint density at radius 1 is 1.25 bits per heavy atom. The van der Waals surface area contributed by atoms with E-state index < -0.39 is 0 Å². The summed E-state index contributed by atoms with van der Waals surface area (Å²) in [7, 11) is 0. The zero-order valence-corrected chi connectivity index (χ0v) is 11.8. The Bertz CT molecular complexity index is 562. The van der Waals surface area contributed by atoms with Crippen LogP contribution in [0.15, 0.2) is 36.5 Å². The Balaban J connectivity index is 1.76. The smallest absolute Gasteiger partial charge is 0.0746 e. The molecule has 0 amide bonds. The molecule has 0 spiro atoms. The van der Waals surface area contributed by atoms with Crippen LogP contribution < -0.4 is 0 Å². The maximum atomic E-state index is 9.11. The van der Waals surface area contributed by atoms with Gasteiger partial charge in [0.25, 0.3) is 0 Å². The van der Waals surface area contributed by atoms with E-state index in [1.165, 1.54) is 23.8 Å². The van der Waals surface area contributed by atoms with Crippen LogP contribution in [0, 0.1) is 5.92 Å². The Morgan fingerprint density at radius 3 is 3.05 bits per heavy atom. The fourth-order valence-corrected chi connectivity index (χ4v) is 3.25. The predicted octanol–water partition coefficient (Wildman–Crippen LogP) is 2.83. The summed E-state index contributed by atoms with van der Waals surface area (Å²) in [6.07, 6.45) is 5.30. The summed E-state index contributed by atoms with van der Waals surface area (Å²) >= 11 is 0. The molecule has 1 atom stereocenters. The summed E-state index contributed by atoms with van der Waals surface area (Å²) in [6, 6.07) is 10.5. The average molecular weight is 270 g/mol. The number of fused-ring (bicyclic) bond motifs is 1. The van der Waals surface area contributed by atoms with Crippen molar-refractivity contribution in [1.82, 2.24) is 9.88 Å². The molecule has 3 rings (SSSR count). The number of hydrogen-bond acceptors (Lipinski definition) is 3. The lowest BCUT2D eigenvalue weighted by Gasteiger charge is -2.32. The molecule has 1 fully saturated rings. The molecule has 2 heterocycles. The van der Waals surface area contributed by atoms with E-state index in [1.807, 2.05) is 12.3 Å². The number of aliphatic hydroxyl groups excluding tert-OH is 1. The number of nitrogens with zero attached hydrogens (tertiary/aromatic N) is 2. The molecule has 0 aliphatic carbocycles. The summed E-state index contributed by atoms with van der Waals surface area (Å²) in [5.74, 6) is 0.650. The second-order valence-electron chi connectivity index (χ2n) is 5.75. The zero-order chi connectivity index (χ0) is 13.8. The Labute approximate surface area is 120 Å². The van der Waals surface area contributed by atoms with Crippen molar-refractivity contribution in [2.75, 3.05) is 19.7 Å². The van der Waals surface area contributed by atoms with Crippen LogP contribution in [0.2, 0.25) is 0 Å². The normalized spacial score (nSPS) is 20.4. The van der Waals surface area contributed by atoms with E-state index in [1.54, 1.807) is 0 Å². The van der Waals surface area contributed by atoms with Crippen molar-refractivity contribution in [1.29, 1.82) is 0 Å². The third-order valence-electron chi connectivity index (χ3n) is 4.25. The summed E-state index contributed by atoms with van der Waals surface area (Å²) in [5, 5.41) is 10.3. The number of hydrogen-bond donors (Lipinski definition) is 1. The number of piperidine rings is 1. The molecule has 1 aliphatic rings. The molecule has 20 heavy (non-hydrogen) atoms. The first-order valence-electron chi connectivity index (χ1n) is 7.52. The minimum absolute atomic E-state index is 0.314. The molecule has 1 saturated heterocycles. The Kier molecular flexibility index (Phi) is 4.28. The van der Waals surface area contributed by atoms with Crippen molar-refractivity contribution in [3.8, 4) is 0 Å². The lowest BCUT2D eigenvalue weighted by molar-refractivity contribution is 0.143. The van der Waals surface area contributed by atoms with Crippen LogP contribution in [0.1, 0.15) is 24.8 Å². The lowest BCUT2D eigenvalue weighted by atomic mass is 9.94. The fourth-order valence-electron chi connectivity index (χ4n) is 3.25. The summed E-state index contributed by atoms with van der Waals surface area (Å²) in [6.45, 7) is 3.54. The van der Waals surface area contributed by atoms with Crippen molar-refractivity contribution in [2.45, 2.75) is 25.8 Å². The number of para-hydroxylation sites is 1. The quantitative estimate of drug-likeness (QED) is 0.928. The first kappa shape index (κ1) is 13.5. The minimum Gasteiger partial charge on any atom is -0.396 e. The number of aromatic nitrogens is 1. The first-order chi connectivity index (χ1) is 9.86. The number of likely N-dealkylation sites (tertiary alicyclic amines) is 1. The van der Waals surface area contributed by atoms with Crippen molar-refractivity contribution < 1.29 is 5.11 Å². The number of aliphatic hydroxyl groups is 1. The van der Waals surface area contributed by atoms with Gasteiger partial charge in [-0.3, -0.25) is 9.88 Å². The van der Waals surface area contributed by atoms with Gasteiger partial charge in [0.1, 0.15) is 0 Å². The van der Waals surface area contributed by atoms with Crippen LogP contribution in [0.5, 0.6) is 0 Å². The van der Waals surface area contributed by atoms with Crippen molar-refractivity contribution in [3.05, 3.63) is 42.1 Å². The highest BCUT2D eigenvalue weighted by molar-refractivity contribution is 5.81. The molecule has 106 valence electrons. The van der Waals surface area contributed by atoms with E-state index in [0.717, 1.165) is 31.6 Å². The Morgan fingerprint density at radius 2 is 2.15 bits per heavy atom. The van der Waals surface area contributed by atoms with E-state index in [4.69, 9.17) is 5.11 Å². The molecule has 0 bridgehead atoms. The average Bonchev–Trinajstić information content (AvgIpc) is 2.48. The molecule has 3 heteroatoms. The molecular formula is C17H22N2O. The van der Waals surface area contributed by atoms with Crippen LogP contribution >= 0.6 is 0 Å². The molecule has 0 radical (unpaired) electrons. The lowest BCUT2D eigenvalue weighted by Crippen LogP contribution is -2.35. The second-order valence-corrected chi connectivity index (χ2v) is 5.75. The highest BCUT2D eigenvalue weighted by atomic mass is 16.3. The predicted molar refractivity (Wildman–Crippen MR) is 81.4 cm³/mol. The standard InChI is InChI=1S/C17H22N2O/c20-11-8-14-4-3-10-19(12-14)13-16-6-1-5-15-7-2-9-18-17(15)16/h1-2,5-7,9,14,20H,3-4,8,10-13H2. The van der Waals surface area contributed by atoms with Gasteiger partial charge in [-0.15, -0.1) is 0 Å². The highest BCUT2D eigenvalue weighted by Gasteiger charge is 2.20. The van der Waals surface area contributed by atoms with Gasteiger partial charge in [-0.2, -0.15) is 0 Å². The number of pyridine rings is 1. The fraction of sp³-hybridized carbons (Fsp3) is 0.471. The van der Waals surface area contributed by atoms with E-state index in [0.29, 0.717) is 12.5 Å². The largest absolute Gasteiger partial charge is 0.396 e. The summed E-state index contributed by atoms with van der Waals surface area (Å²) < 4.78 is 0. The van der Waals surface area contributed by atoms with E-state index in [-0.39, 0.29) is 0 Å². The van der Waals surface area contributed by atoms with Crippen LogP contribution in [0.25, 0.3) is 10.9 Å². The van der Waals surface area contributed by atoms with Crippen LogP contribution in [0.4, 0.5) is 0 Å². The molecule has 1 aliphatic heterocycles. The molecule has 1 N–H and O–H groups in total. The van der Waals surface area contributed by atoms with Gasteiger partial charge < -0.3 is 5.11 Å². The molecule has 0 saturated carbocycles. The van der Waals surface area contributed by atoms with Crippen LogP contribution in [-0.2, 0) is 6.54 Å². The van der Waals surface area contributed by atoms with Gasteiger partial charge in [0.2, 0.25) is 0 Å². The molecule has 1 aromatic heterocycles. The van der Waals surface area contributed by atoms with Gasteiger partial charge in [-0.25, -0.2) is 0 Å². The molecule has 3 nitrogen and oxygen atoms in total. The maximum Gasteiger partial charge on any atom is 0.0746 e. The summed E-state index contributed by atoms with van der Waals surface area (Å²) in [5.41, 5.74) is 2.44. The molecular weight excluding hydrogens is 248 g/mol. The third-order valence-corrected chi connectivity index (χ3v) is 4.25. The van der Waals surface area contributed by atoms with Gasteiger partial charge >= 0.3 is 0 Å². The van der Waals surface area contributed by atoms with E-state index >= 15 is 0 Å². The highest BCUT2D eigenvalue weighted by Crippen LogP contribution is 2.23. The second kappa shape index (κ2) is 6.33. The minimum atomic E-state index is 0.314. The van der Waals surface area contributed by atoms with Crippen LogP contribution in [-0.4, -0.2) is 34.7 Å². The number of benzene rings is 1. The van der Waals surface area contributed by atoms with Gasteiger partial charge in [-0.1, -0.05) is 24.3 Å². The zero-order valence-electron chi connectivity index (χ0n) is 11.8. The Hall–Kier alpha value is -1.45. The maximum absolute atomic E-state index is 9.11. The van der Waals surface area contributed by atoms with E-state index in [9.17, 15) is 0 Å². The van der Waals surface area contributed by atoms with Crippen LogP contribution in [0.3, 0.4) is 0 Å². The third kappa shape index (κ3) is 3.00. The van der Waals surface area contributed by atoms with Crippen molar-refractivity contribution >= 4 is 10.9 Å². The van der Waals surface area contributed by atoms with E-state index in [2.05, 4.69) is 34.1 Å². The van der Waals surface area contributed by atoms with Gasteiger partial charge in [0.05, 0.1) is 5.52 Å². The van der Waals surface area contributed by atoms with Crippen molar-refractivity contribution in [3.63, 3.8) is 0 Å². The van der Waals surface area contributed by atoms with Gasteiger partial charge in [0.15, 0.2) is 0 Å². The first-order valence-corrected chi connectivity index (χ1v) is 7.52.